The monoisotopic (exact) mass is 475 g/mol. The van der Waals surface area contributed by atoms with Crippen LogP contribution in [0.2, 0.25) is 5.02 Å². The lowest BCUT2D eigenvalue weighted by molar-refractivity contribution is -0.117. The minimum atomic E-state index is -0.525. The first-order valence-electron chi connectivity index (χ1n) is 8.31. The van der Waals surface area contributed by atoms with Crippen molar-refractivity contribution < 1.29 is 9.59 Å². The van der Waals surface area contributed by atoms with Gasteiger partial charge < -0.3 is 5.32 Å². The van der Waals surface area contributed by atoms with E-state index in [4.69, 9.17) is 11.6 Å². The lowest BCUT2D eigenvalue weighted by Gasteiger charge is -2.18. The highest BCUT2D eigenvalue weighted by atomic mass is 79.9. The Labute approximate surface area is 180 Å². The standard InChI is InChI=1S/C20H15BrClN3O2S/c1-24-18(26)16(11-23)20-25(15-7-5-13(21)6-8-15)19(27)17(28-20)10-12-3-2-4-14(22)9-12/h2-9,17H,10H2,1H3,(H,24,26). The molecule has 1 unspecified atom stereocenters. The summed E-state index contributed by atoms with van der Waals surface area (Å²) in [4.78, 5) is 26.9. The molecule has 2 aromatic carbocycles. The molecule has 0 bridgehead atoms. The van der Waals surface area contributed by atoms with E-state index in [9.17, 15) is 14.9 Å². The van der Waals surface area contributed by atoms with Crippen LogP contribution in [-0.4, -0.2) is 24.1 Å². The van der Waals surface area contributed by atoms with Crippen LogP contribution in [0, 0.1) is 11.3 Å². The topological polar surface area (TPSA) is 73.2 Å². The van der Waals surface area contributed by atoms with E-state index in [2.05, 4.69) is 21.2 Å². The number of benzene rings is 2. The third-order valence-electron chi connectivity index (χ3n) is 4.13. The van der Waals surface area contributed by atoms with Crippen molar-refractivity contribution in [2.75, 3.05) is 11.9 Å². The molecule has 3 rings (SSSR count). The van der Waals surface area contributed by atoms with E-state index in [-0.39, 0.29) is 11.5 Å². The van der Waals surface area contributed by atoms with Crippen LogP contribution >= 0.6 is 39.3 Å². The Kier molecular flexibility index (Phi) is 6.45. The average Bonchev–Trinajstić information content (AvgIpc) is 2.99. The molecule has 0 aromatic heterocycles. The van der Waals surface area contributed by atoms with Crippen LogP contribution in [0.25, 0.3) is 0 Å². The van der Waals surface area contributed by atoms with Crippen molar-refractivity contribution in [3.63, 3.8) is 0 Å². The first kappa shape index (κ1) is 20.5. The van der Waals surface area contributed by atoms with E-state index in [0.29, 0.717) is 22.2 Å². The van der Waals surface area contributed by atoms with Gasteiger partial charge in [-0.25, -0.2) is 0 Å². The highest BCUT2D eigenvalue weighted by Crippen LogP contribution is 2.42. The summed E-state index contributed by atoms with van der Waals surface area (Å²) in [5, 5.41) is 12.5. The molecule has 1 fully saturated rings. The molecule has 1 heterocycles. The first-order chi connectivity index (χ1) is 13.4. The smallest absolute Gasteiger partial charge is 0.264 e. The normalized spacial score (nSPS) is 18.0. The summed E-state index contributed by atoms with van der Waals surface area (Å²) in [7, 11) is 1.45. The summed E-state index contributed by atoms with van der Waals surface area (Å²) in [6.07, 6.45) is 0.438. The lowest BCUT2D eigenvalue weighted by Crippen LogP contribution is -2.31. The number of likely N-dealkylation sites (N-methyl/N-ethyl adjacent to an activating group) is 1. The molecule has 2 amide bonds. The first-order valence-corrected chi connectivity index (χ1v) is 10.4. The Morgan fingerprint density at radius 1 is 1.32 bits per heavy atom. The molecule has 0 radical (unpaired) electrons. The number of nitriles is 1. The van der Waals surface area contributed by atoms with Gasteiger partial charge >= 0.3 is 0 Å². The van der Waals surface area contributed by atoms with Gasteiger partial charge in [0.05, 0.1) is 5.25 Å². The van der Waals surface area contributed by atoms with E-state index in [1.807, 2.05) is 24.3 Å². The number of amides is 2. The highest BCUT2D eigenvalue weighted by Gasteiger charge is 2.40. The summed E-state index contributed by atoms with van der Waals surface area (Å²) in [5.41, 5.74) is 1.42. The predicted octanol–water partition coefficient (Wildman–Crippen LogP) is 4.27. The molecular formula is C20H15BrClN3O2S. The van der Waals surface area contributed by atoms with E-state index >= 15 is 0 Å². The second-order valence-corrected chi connectivity index (χ2v) is 8.51. The minimum absolute atomic E-state index is 0.0858. The Morgan fingerprint density at radius 2 is 2.04 bits per heavy atom. The highest BCUT2D eigenvalue weighted by molar-refractivity contribution is 9.10. The van der Waals surface area contributed by atoms with Crippen LogP contribution in [0.5, 0.6) is 0 Å². The molecule has 2 aromatic rings. The summed E-state index contributed by atoms with van der Waals surface area (Å²) in [6.45, 7) is 0. The largest absolute Gasteiger partial charge is 0.354 e. The number of hydrogen-bond donors (Lipinski definition) is 1. The van der Waals surface area contributed by atoms with Crippen molar-refractivity contribution in [1.82, 2.24) is 5.32 Å². The second kappa shape index (κ2) is 8.82. The molecular weight excluding hydrogens is 462 g/mol. The molecule has 1 aliphatic heterocycles. The predicted molar refractivity (Wildman–Crippen MR) is 115 cm³/mol. The Hall–Kier alpha value is -2.27. The Bertz CT molecular complexity index is 1000. The number of hydrogen-bond acceptors (Lipinski definition) is 4. The molecule has 1 saturated heterocycles. The van der Waals surface area contributed by atoms with Crippen molar-refractivity contribution in [1.29, 1.82) is 5.26 Å². The lowest BCUT2D eigenvalue weighted by atomic mass is 10.1. The third-order valence-corrected chi connectivity index (χ3v) is 6.15. The fraction of sp³-hybridized carbons (Fsp3) is 0.150. The summed E-state index contributed by atoms with van der Waals surface area (Å²) < 4.78 is 0.864. The van der Waals surface area contributed by atoms with Gasteiger partial charge in [-0.3, -0.25) is 14.5 Å². The van der Waals surface area contributed by atoms with Crippen LogP contribution in [0.4, 0.5) is 5.69 Å². The van der Waals surface area contributed by atoms with Crippen LogP contribution in [-0.2, 0) is 16.0 Å². The van der Waals surface area contributed by atoms with Crippen molar-refractivity contribution in [2.45, 2.75) is 11.7 Å². The molecule has 0 saturated carbocycles. The number of halogens is 2. The zero-order valence-corrected chi connectivity index (χ0v) is 17.9. The number of thioether (sulfide) groups is 1. The molecule has 1 N–H and O–H groups in total. The summed E-state index contributed by atoms with van der Waals surface area (Å²) in [5.74, 6) is -0.706. The Balaban J connectivity index is 2.04. The maximum Gasteiger partial charge on any atom is 0.264 e. The van der Waals surface area contributed by atoms with Crippen LogP contribution < -0.4 is 10.2 Å². The second-order valence-electron chi connectivity index (χ2n) is 5.96. The zero-order valence-electron chi connectivity index (χ0n) is 14.8. The number of rotatable bonds is 4. The maximum absolute atomic E-state index is 13.2. The molecule has 0 aliphatic carbocycles. The number of nitrogens with one attached hydrogen (secondary N) is 1. The average molecular weight is 477 g/mol. The summed E-state index contributed by atoms with van der Waals surface area (Å²) in [6, 6.07) is 16.4. The van der Waals surface area contributed by atoms with Gasteiger partial charge in [-0.2, -0.15) is 5.26 Å². The third kappa shape index (κ3) is 4.25. The Morgan fingerprint density at radius 3 is 2.64 bits per heavy atom. The maximum atomic E-state index is 13.2. The van der Waals surface area contributed by atoms with Crippen molar-refractivity contribution >= 4 is 56.8 Å². The van der Waals surface area contributed by atoms with Crippen LogP contribution in [0.3, 0.4) is 0 Å². The van der Waals surface area contributed by atoms with Crippen molar-refractivity contribution in [3.8, 4) is 6.07 Å². The van der Waals surface area contributed by atoms with Crippen LogP contribution in [0.1, 0.15) is 5.56 Å². The van der Waals surface area contributed by atoms with Gasteiger partial charge in [-0.1, -0.05) is 51.4 Å². The van der Waals surface area contributed by atoms with Gasteiger partial charge in [0.1, 0.15) is 16.7 Å². The van der Waals surface area contributed by atoms with Gasteiger partial charge in [0.25, 0.3) is 5.91 Å². The van der Waals surface area contributed by atoms with Gasteiger partial charge in [0.15, 0.2) is 0 Å². The molecule has 1 atom stereocenters. The molecule has 8 heteroatoms. The fourth-order valence-corrected chi connectivity index (χ4v) is 4.60. The van der Waals surface area contributed by atoms with Gasteiger partial charge in [0.2, 0.25) is 5.91 Å². The summed E-state index contributed by atoms with van der Waals surface area (Å²) >= 11 is 10.7. The zero-order chi connectivity index (χ0) is 20.3. The van der Waals surface area contributed by atoms with E-state index in [1.165, 1.54) is 23.7 Å². The van der Waals surface area contributed by atoms with E-state index in [1.54, 1.807) is 30.3 Å². The fourth-order valence-electron chi connectivity index (χ4n) is 2.82. The number of carbonyl (C=O) groups excluding carboxylic acids is 2. The number of carbonyl (C=O) groups is 2. The SMILES string of the molecule is CNC(=O)C(C#N)=C1SC(Cc2cccc(Cl)c2)C(=O)N1c1ccc(Br)cc1. The molecule has 5 nitrogen and oxygen atoms in total. The molecule has 0 spiro atoms. The molecule has 28 heavy (non-hydrogen) atoms. The minimum Gasteiger partial charge on any atom is -0.354 e. The van der Waals surface area contributed by atoms with E-state index in [0.717, 1.165) is 10.0 Å². The van der Waals surface area contributed by atoms with Crippen molar-refractivity contribution in [2.24, 2.45) is 0 Å². The number of anilines is 1. The van der Waals surface area contributed by atoms with E-state index < -0.39 is 11.2 Å². The van der Waals surface area contributed by atoms with Gasteiger partial charge in [-0.05, 0) is 48.4 Å². The molecule has 1 aliphatic rings. The van der Waals surface area contributed by atoms with Crippen LogP contribution in [0.15, 0.2) is 63.6 Å². The van der Waals surface area contributed by atoms with Crippen molar-refractivity contribution in [3.05, 3.63) is 74.2 Å². The quantitative estimate of drug-likeness (QED) is 0.528. The van der Waals surface area contributed by atoms with Gasteiger partial charge in [-0.15, -0.1) is 0 Å². The number of nitrogens with zero attached hydrogens (tertiary/aromatic N) is 2. The van der Waals surface area contributed by atoms with Gasteiger partial charge in [0, 0.05) is 22.2 Å². The molecule has 142 valence electrons.